The van der Waals surface area contributed by atoms with Crippen LogP contribution in [0.5, 0.6) is 0 Å². The molecule has 4 nitrogen and oxygen atoms in total. The van der Waals surface area contributed by atoms with Crippen LogP contribution in [0, 0.1) is 6.92 Å². The van der Waals surface area contributed by atoms with Gasteiger partial charge < -0.3 is 10.1 Å². The Kier molecular flexibility index (Phi) is 4.88. The Hall–Kier alpha value is -1.63. The van der Waals surface area contributed by atoms with Crippen LogP contribution < -0.4 is 5.32 Å². The zero-order chi connectivity index (χ0) is 14.6. The minimum absolute atomic E-state index is 0.0388. The molecule has 0 unspecified atom stereocenters. The fraction of sp³-hybridized carbons (Fsp3) is 0.500. The van der Waals surface area contributed by atoms with Crippen molar-refractivity contribution in [3.63, 3.8) is 0 Å². The maximum Gasteiger partial charge on any atom is 0.433 e. The zero-order valence-electron chi connectivity index (χ0n) is 10.8. The van der Waals surface area contributed by atoms with Crippen molar-refractivity contribution >= 4 is 5.91 Å². The van der Waals surface area contributed by atoms with Gasteiger partial charge in [0, 0.05) is 13.2 Å². The van der Waals surface area contributed by atoms with Gasteiger partial charge in [-0.05, 0) is 26.0 Å². The van der Waals surface area contributed by atoms with Crippen LogP contribution in [0.3, 0.4) is 0 Å². The fourth-order valence-corrected chi connectivity index (χ4v) is 1.55. The topological polar surface area (TPSA) is 51.2 Å². The first-order valence-corrected chi connectivity index (χ1v) is 5.60. The third-order valence-electron chi connectivity index (χ3n) is 2.42. The minimum Gasteiger partial charge on any atom is -0.383 e. The van der Waals surface area contributed by atoms with Gasteiger partial charge in [0.1, 0.15) is 5.69 Å². The monoisotopic (exact) mass is 276 g/mol. The summed E-state index contributed by atoms with van der Waals surface area (Å²) in [6.45, 7) is 3.41. The smallest absolute Gasteiger partial charge is 0.383 e. The molecule has 0 aliphatic heterocycles. The molecule has 1 heterocycles. The number of carbonyl (C=O) groups excluding carboxylic acids is 1. The highest BCUT2D eigenvalue weighted by molar-refractivity contribution is 5.95. The van der Waals surface area contributed by atoms with E-state index in [1.54, 1.807) is 6.92 Å². The number of aromatic nitrogens is 1. The van der Waals surface area contributed by atoms with Gasteiger partial charge in [-0.2, -0.15) is 13.2 Å². The Labute approximate surface area is 109 Å². The van der Waals surface area contributed by atoms with Gasteiger partial charge in [-0.15, -0.1) is 0 Å². The van der Waals surface area contributed by atoms with Gasteiger partial charge in [-0.1, -0.05) is 0 Å². The molecular formula is C12H15F3N2O2. The molecule has 0 aromatic carbocycles. The summed E-state index contributed by atoms with van der Waals surface area (Å²) in [6.07, 6.45) is -4.51. The number of pyridine rings is 1. The maximum atomic E-state index is 12.4. The van der Waals surface area contributed by atoms with E-state index in [0.717, 1.165) is 12.1 Å². The lowest BCUT2D eigenvalue weighted by atomic mass is 10.1. The number of ether oxygens (including phenoxy) is 1. The van der Waals surface area contributed by atoms with Gasteiger partial charge in [0.2, 0.25) is 0 Å². The summed E-state index contributed by atoms with van der Waals surface area (Å²) >= 11 is 0. The Morgan fingerprint density at radius 3 is 2.58 bits per heavy atom. The molecule has 1 rings (SSSR count). The molecule has 7 heteroatoms. The van der Waals surface area contributed by atoms with Gasteiger partial charge in [-0.3, -0.25) is 4.79 Å². The fourth-order valence-electron chi connectivity index (χ4n) is 1.55. The summed E-state index contributed by atoms with van der Waals surface area (Å²) in [5, 5.41) is 2.61. The SMILES string of the molecule is COC[C@@H](C)NC(=O)c1ccc(C(F)(F)F)nc1C. The van der Waals surface area contributed by atoms with Gasteiger partial charge in [-0.25, -0.2) is 4.98 Å². The number of aryl methyl sites for hydroxylation is 1. The lowest BCUT2D eigenvalue weighted by molar-refractivity contribution is -0.141. The minimum atomic E-state index is -4.51. The summed E-state index contributed by atoms with van der Waals surface area (Å²) in [4.78, 5) is 15.2. The second-order valence-electron chi connectivity index (χ2n) is 4.16. The number of hydrogen-bond acceptors (Lipinski definition) is 3. The van der Waals surface area contributed by atoms with E-state index in [1.807, 2.05) is 0 Å². The van der Waals surface area contributed by atoms with Crippen LogP contribution in [-0.2, 0) is 10.9 Å². The first-order chi connectivity index (χ1) is 8.75. The molecule has 0 aliphatic carbocycles. The number of amides is 1. The molecule has 0 radical (unpaired) electrons. The Morgan fingerprint density at radius 1 is 1.47 bits per heavy atom. The average molecular weight is 276 g/mol. The van der Waals surface area contributed by atoms with Crippen molar-refractivity contribution in [1.29, 1.82) is 0 Å². The number of halogens is 3. The van der Waals surface area contributed by atoms with E-state index < -0.39 is 17.8 Å². The molecule has 1 aromatic heterocycles. The van der Waals surface area contributed by atoms with Gasteiger partial charge in [0.15, 0.2) is 0 Å². The molecule has 1 aromatic rings. The van der Waals surface area contributed by atoms with Crippen molar-refractivity contribution in [3.05, 3.63) is 29.1 Å². The van der Waals surface area contributed by atoms with Crippen molar-refractivity contribution in [2.45, 2.75) is 26.1 Å². The summed E-state index contributed by atoms with van der Waals surface area (Å²) in [5.41, 5.74) is -0.848. The maximum absolute atomic E-state index is 12.4. The van der Waals surface area contributed by atoms with Crippen LogP contribution >= 0.6 is 0 Å². The third-order valence-corrected chi connectivity index (χ3v) is 2.42. The normalized spacial score (nSPS) is 13.2. The van der Waals surface area contributed by atoms with Crippen LogP contribution in [0.1, 0.15) is 28.7 Å². The Morgan fingerprint density at radius 2 is 2.11 bits per heavy atom. The van der Waals surface area contributed by atoms with Crippen LogP contribution in [-0.4, -0.2) is 30.6 Å². The first-order valence-electron chi connectivity index (χ1n) is 5.60. The number of rotatable bonds is 4. The molecule has 0 spiro atoms. The van der Waals surface area contributed by atoms with E-state index in [2.05, 4.69) is 10.3 Å². The molecule has 0 fully saturated rings. The molecule has 0 saturated heterocycles. The van der Waals surface area contributed by atoms with E-state index in [-0.39, 0.29) is 17.3 Å². The standard InChI is InChI=1S/C12H15F3N2O2/c1-7(6-19-3)16-11(18)9-4-5-10(12(13,14)15)17-8(9)2/h4-5,7H,6H2,1-3H3,(H,16,18)/t7-/m1/s1. The number of nitrogens with one attached hydrogen (secondary N) is 1. The second kappa shape index (κ2) is 6.01. The van der Waals surface area contributed by atoms with E-state index in [9.17, 15) is 18.0 Å². The molecule has 1 N–H and O–H groups in total. The number of alkyl halides is 3. The summed E-state index contributed by atoms with van der Waals surface area (Å²) < 4.78 is 42.2. The molecule has 0 aliphatic rings. The van der Waals surface area contributed by atoms with Crippen LogP contribution in [0.4, 0.5) is 13.2 Å². The van der Waals surface area contributed by atoms with Crippen LogP contribution in [0.25, 0.3) is 0 Å². The van der Waals surface area contributed by atoms with E-state index >= 15 is 0 Å². The predicted octanol–water partition coefficient (Wildman–Crippen LogP) is 2.17. The van der Waals surface area contributed by atoms with Crippen LogP contribution in [0.2, 0.25) is 0 Å². The molecule has 1 amide bonds. The highest BCUT2D eigenvalue weighted by atomic mass is 19.4. The van der Waals surface area contributed by atoms with Crippen molar-refractivity contribution in [2.24, 2.45) is 0 Å². The third kappa shape index (κ3) is 4.20. The van der Waals surface area contributed by atoms with Crippen molar-refractivity contribution < 1.29 is 22.7 Å². The molecule has 0 bridgehead atoms. The van der Waals surface area contributed by atoms with E-state index in [0.29, 0.717) is 6.61 Å². The highest BCUT2D eigenvalue weighted by Crippen LogP contribution is 2.28. The van der Waals surface area contributed by atoms with E-state index in [1.165, 1.54) is 14.0 Å². The molecule has 19 heavy (non-hydrogen) atoms. The van der Waals surface area contributed by atoms with Crippen molar-refractivity contribution in [3.8, 4) is 0 Å². The summed E-state index contributed by atoms with van der Waals surface area (Å²) in [7, 11) is 1.49. The molecule has 0 saturated carbocycles. The zero-order valence-corrected chi connectivity index (χ0v) is 10.8. The van der Waals surface area contributed by atoms with Gasteiger partial charge in [0.05, 0.1) is 17.9 Å². The number of nitrogens with zero attached hydrogens (tertiary/aromatic N) is 1. The lowest BCUT2D eigenvalue weighted by Gasteiger charge is -2.14. The number of hydrogen-bond donors (Lipinski definition) is 1. The Balaban J connectivity index is 2.88. The molecular weight excluding hydrogens is 261 g/mol. The lowest BCUT2D eigenvalue weighted by Crippen LogP contribution is -2.36. The van der Waals surface area contributed by atoms with E-state index in [4.69, 9.17) is 4.74 Å². The Bertz CT molecular complexity index is 461. The summed E-state index contributed by atoms with van der Waals surface area (Å²) in [5.74, 6) is -0.469. The number of methoxy groups -OCH3 is 1. The van der Waals surface area contributed by atoms with Crippen molar-refractivity contribution in [1.82, 2.24) is 10.3 Å². The average Bonchev–Trinajstić information content (AvgIpc) is 2.27. The van der Waals surface area contributed by atoms with Gasteiger partial charge in [0.25, 0.3) is 5.91 Å². The second-order valence-corrected chi connectivity index (χ2v) is 4.16. The first kappa shape index (κ1) is 15.4. The van der Waals surface area contributed by atoms with Crippen LogP contribution in [0.15, 0.2) is 12.1 Å². The molecule has 1 atom stereocenters. The molecule has 106 valence electrons. The quantitative estimate of drug-likeness (QED) is 0.917. The summed E-state index contributed by atoms with van der Waals surface area (Å²) in [6, 6.07) is 1.68. The largest absolute Gasteiger partial charge is 0.433 e. The highest BCUT2D eigenvalue weighted by Gasteiger charge is 2.33. The van der Waals surface area contributed by atoms with Crippen molar-refractivity contribution in [2.75, 3.05) is 13.7 Å². The van der Waals surface area contributed by atoms with Gasteiger partial charge >= 0.3 is 6.18 Å². The predicted molar refractivity (Wildman–Crippen MR) is 62.8 cm³/mol. The number of carbonyl (C=O) groups is 1.